The summed E-state index contributed by atoms with van der Waals surface area (Å²) in [7, 11) is 1.55. The Balaban J connectivity index is 1.65. The molecule has 1 aromatic heterocycles. The topological polar surface area (TPSA) is 76.1 Å². The second-order valence-corrected chi connectivity index (χ2v) is 5.94. The van der Waals surface area contributed by atoms with Crippen molar-refractivity contribution in [3.8, 4) is 17.1 Å². The van der Waals surface area contributed by atoms with Gasteiger partial charge in [-0.1, -0.05) is 29.8 Å². The maximum absolute atomic E-state index is 12.2. The minimum Gasteiger partial charge on any atom is -0.480 e. The highest BCUT2D eigenvalue weighted by molar-refractivity contribution is 6.00. The van der Waals surface area contributed by atoms with Crippen LogP contribution in [0, 0.1) is 13.8 Å². The van der Waals surface area contributed by atoms with E-state index in [1.54, 1.807) is 13.2 Å². The Labute approximate surface area is 152 Å². The average Bonchev–Trinajstić information content (AvgIpc) is 2.65. The second kappa shape index (κ2) is 7.65. The van der Waals surface area contributed by atoms with Crippen LogP contribution in [0.5, 0.6) is 5.88 Å². The van der Waals surface area contributed by atoms with Gasteiger partial charge in [0.15, 0.2) is 0 Å². The Kier molecular flexibility index (Phi) is 5.12. The summed E-state index contributed by atoms with van der Waals surface area (Å²) in [5.41, 5.74) is 5.30. The molecule has 2 amide bonds. The number of carbonyl (C=O) groups excluding carboxylic acids is 1. The lowest BCUT2D eigenvalue weighted by molar-refractivity contribution is 0.262. The van der Waals surface area contributed by atoms with Gasteiger partial charge in [-0.25, -0.2) is 4.79 Å². The number of nitrogens with zero attached hydrogens (tertiary/aromatic N) is 2. The van der Waals surface area contributed by atoms with Crippen molar-refractivity contribution in [2.45, 2.75) is 13.8 Å². The molecule has 6 nitrogen and oxygen atoms in total. The van der Waals surface area contributed by atoms with Crippen LogP contribution in [0.4, 0.5) is 16.2 Å². The van der Waals surface area contributed by atoms with Crippen LogP contribution >= 0.6 is 0 Å². The summed E-state index contributed by atoms with van der Waals surface area (Å²) in [6, 6.07) is 16.6. The first-order chi connectivity index (χ1) is 12.5. The molecule has 0 saturated heterocycles. The first-order valence-electron chi connectivity index (χ1n) is 8.18. The zero-order valence-electron chi connectivity index (χ0n) is 14.9. The Bertz CT molecular complexity index is 906. The average molecular weight is 348 g/mol. The fourth-order valence-electron chi connectivity index (χ4n) is 2.55. The molecule has 0 aliphatic heterocycles. The lowest BCUT2D eigenvalue weighted by atomic mass is 10.1. The van der Waals surface area contributed by atoms with Crippen LogP contribution in [0.15, 0.2) is 54.6 Å². The van der Waals surface area contributed by atoms with E-state index in [9.17, 15) is 4.79 Å². The van der Waals surface area contributed by atoms with Crippen molar-refractivity contribution in [1.29, 1.82) is 0 Å². The summed E-state index contributed by atoms with van der Waals surface area (Å²) in [6.07, 6.45) is 0. The summed E-state index contributed by atoms with van der Waals surface area (Å²) < 4.78 is 5.00. The highest BCUT2D eigenvalue weighted by Gasteiger charge is 2.06. The number of benzene rings is 2. The molecule has 0 aliphatic rings. The molecule has 2 N–H and O–H groups in total. The van der Waals surface area contributed by atoms with Crippen molar-refractivity contribution in [2.75, 3.05) is 17.7 Å². The van der Waals surface area contributed by atoms with E-state index in [0.717, 1.165) is 28.1 Å². The Morgan fingerprint density at radius 2 is 1.69 bits per heavy atom. The van der Waals surface area contributed by atoms with Gasteiger partial charge in [0.2, 0.25) is 5.88 Å². The number of rotatable bonds is 4. The van der Waals surface area contributed by atoms with Crippen molar-refractivity contribution in [1.82, 2.24) is 10.2 Å². The zero-order valence-corrected chi connectivity index (χ0v) is 14.9. The molecule has 132 valence electrons. The molecule has 0 saturated carbocycles. The SMILES string of the molecule is COc1ccc(-c2ccc(NC(=O)Nc3ccc(C)cc3C)cc2)nn1. The van der Waals surface area contributed by atoms with Crippen molar-refractivity contribution < 1.29 is 9.53 Å². The third kappa shape index (κ3) is 4.16. The van der Waals surface area contributed by atoms with Gasteiger partial charge < -0.3 is 15.4 Å². The van der Waals surface area contributed by atoms with Gasteiger partial charge in [-0.2, -0.15) is 0 Å². The molecule has 0 atom stereocenters. The van der Waals surface area contributed by atoms with Crippen LogP contribution in [0.3, 0.4) is 0 Å². The lowest BCUT2D eigenvalue weighted by Crippen LogP contribution is -2.19. The molecule has 0 aliphatic carbocycles. The van der Waals surface area contributed by atoms with Gasteiger partial charge in [0.1, 0.15) is 0 Å². The normalized spacial score (nSPS) is 10.3. The second-order valence-electron chi connectivity index (χ2n) is 5.94. The van der Waals surface area contributed by atoms with Gasteiger partial charge >= 0.3 is 6.03 Å². The van der Waals surface area contributed by atoms with Crippen molar-refractivity contribution in [2.24, 2.45) is 0 Å². The molecule has 0 fully saturated rings. The van der Waals surface area contributed by atoms with Crippen LogP contribution in [-0.4, -0.2) is 23.3 Å². The van der Waals surface area contributed by atoms with Gasteiger partial charge in [0.05, 0.1) is 12.8 Å². The minimum atomic E-state index is -0.283. The molecule has 2 aromatic carbocycles. The molecule has 0 radical (unpaired) electrons. The largest absolute Gasteiger partial charge is 0.480 e. The molecule has 0 spiro atoms. The van der Waals surface area contributed by atoms with Crippen LogP contribution in [0.2, 0.25) is 0 Å². The van der Waals surface area contributed by atoms with E-state index < -0.39 is 0 Å². The number of ether oxygens (including phenoxy) is 1. The van der Waals surface area contributed by atoms with E-state index in [1.807, 2.05) is 62.4 Å². The number of aryl methyl sites for hydroxylation is 2. The molecular formula is C20H20N4O2. The summed E-state index contributed by atoms with van der Waals surface area (Å²) in [5.74, 6) is 0.468. The number of anilines is 2. The number of carbonyl (C=O) groups is 1. The monoisotopic (exact) mass is 348 g/mol. The number of aromatic nitrogens is 2. The fourth-order valence-corrected chi connectivity index (χ4v) is 2.55. The van der Waals surface area contributed by atoms with E-state index in [1.165, 1.54) is 0 Å². The standard InChI is InChI=1S/C20H20N4O2/c1-13-4-9-17(14(2)12-13)22-20(25)21-16-7-5-15(6-8-16)18-10-11-19(26-3)24-23-18/h4-12H,1-3H3,(H2,21,22,25). The van der Waals surface area contributed by atoms with Crippen LogP contribution in [0.25, 0.3) is 11.3 Å². The fraction of sp³-hybridized carbons (Fsp3) is 0.150. The first kappa shape index (κ1) is 17.4. The van der Waals surface area contributed by atoms with Gasteiger partial charge in [-0.05, 0) is 43.7 Å². The summed E-state index contributed by atoms with van der Waals surface area (Å²) in [5, 5.41) is 13.7. The van der Waals surface area contributed by atoms with E-state index in [0.29, 0.717) is 11.6 Å². The van der Waals surface area contributed by atoms with Crippen molar-refractivity contribution >= 4 is 17.4 Å². The van der Waals surface area contributed by atoms with Crippen LogP contribution in [-0.2, 0) is 0 Å². The Morgan fingerprint density at radius 1 is 0.923 bits per heavy atom. The highest BCUT2D eigenvalue weighted by atomic mass is 16.5. The predicted octanol–water partition coefficient (Wildman–Crippen LogP) is 4.41. The Morgan fingerprint density at radius 3 is 2.31 bits per heavy atom. The number of urea groups is 1. The van der Waals surface area contributed by atoms with Crippen molar-refractivity contribution in [3.63, 3.8) is 0 Å². The maximum atomic E-state index is 12.2. The summed E-state index contributed by atoms with van der Waals surface area (Å²) in [6.45, 7) is 3.99. The van der Waals surface area contributed by atoms with Gasteiger partial charge in [-0.3, -0.25) is 0 Å². The molecule has 3 aromatic rings. The number of amides is 2. The molecular weight excluding hydrogens is 328 g/mol. The Hall–Kier alpha value is -3.41. The number of hydrogen-bond donors (Lipinski definition) is 2. The van der Waals surface area contributed by atoms with Crippen molar-refractivity contribution in [3.05, 3.63) is 65.7 Å². The molecule has 0 bridgehead atoms. The third-order valence-electron chi connectivity index (χ3n) is 3.92. The van der Waals surface area contributed by atoms with Gasteiger partial charge in [-0.15, -0.1) is 10.2 Å². The van der Waals surface area contributed by atoms with E-state index in [4.69, 9.17) is 4.74 Å². The molecule has 0 unspecified atom stereocenters. The molecule has 1 heterocycles. The van der Waals surface area contributed by atoms with E-state index >= 15 is 0 Å². The number of nitrogens with one attached hydrogen (secondary N) is 2. The van der Waals surface area contributed by atoms with Crippen LogP contribution in [0.1, 0.15) is 11.1 Å². The third-order valence-corrected chi connectivity index (χ3v) is 3.92. The number of hydrogen-bond acceptors (Lipinski definition) is 4. The maximum Gasteiger partial charge on any atom is 0.323 e. The van der Waals surface area contributed by atoms with E-state index in [-0.39, 0.29) is 6.03 Å². The highest BCUT2D eigenvalue weighted by Crippen LogP contribution is 2.21. The summed E-state index contributed by atoms with van der Waals surface area (Å²) >= 11 is 0. The lowest BCUT2D eigenvalue weighted by Gasteiger charge is -2.11. The van der Waals surface area contributed by atoms with Crippen LogP contribution < -0.4 is 15.4 Å². The quantitative estimate of drug-likeness (QED) is 0.732. The summed E-state index contributed by atoms with van der Waals surface area (Å²) in [4.78, 5) is 12.2. The van der Waals surface area contributed by atoms with E-state index in [2.05, 4.69) is 20.8 Å². The molecule has 26 heavy (non-hydrogen) atoms. The van der Waals surface area contributed by atoms with Gasteiger partial charge in [0.25, 0.3) is 0 Å². The minimum absolute atomic E-state index is 0.283. The molecule has 3 rings (SSSR count). The first-order valence-corrected chi connectivity index (χ1v) is 8.18. The molecule has 6 heteroatoms. The number of methoxy groups -OCH3 is 1. The zero-order chi connectivity index (χ0) is 18.5. The van der Waals surface area contributed by atoms with Gasteiger partial charge in [0, 0.05) is 23.0 Å². The predicted molar refractivity (Wildman–Crippen MR) is 103 cm³/mol. The smallest absolute Gasteiger partial charge is 0.323 e.